The monoisotopic (exact) mass is 378 g/mol. The molecule has 0 aromatic carbocycles. The lowest BCUT2D eigenvalue weighted by Gasteiger charge is -2.32. The Kier molecular flexibility index (Phi) is 5.62. The van der Waals surface area contributed by atoms with Crippen LogP contribution >= 0.6 is 0 Å². The second-order valence-electron chi connectivity index (χ2n) is 7.46. The maximum atomic E-state index is 12.3. The van der Waals surface area contributed by atoms with Crippen LogP contribution in [0.15, 0.2) is 53.7 Å². The molecular formula is C21H26N6O. The van der Waals surface area contributed by atoms with E-state index in [-0.39, 0.29) is 5.56 Å². The van der Waals surface area contributed by atoms with E-state index in [1.165, 1.54) is 5.69 Å². The molecule has 4 heterocycles. The molecular weight excluding hydrogens is 352 g/mol. The maximum Gasteiger partial charge on any atom is 0.266 e. The summed E-state index contributed by atoms with van der Waals surface area (Å²) < 4.78 is 3.58. The fraction of sp³-hybridized carbons (Fsp3) is 0.429. The van der Waals surface area contributed by atoms with Crippen LogP contribution in [-0.4, -0.2) is 49.1 Å². The van der Waals surface area contributed by atoms with Crippen LogP contribution in [0.4, 0.5) is 0 Å². The van der Waals surface area contributed by atoms with Gasteiger partial charge in [-0.25, -0.2) is 4.68 Å². The Bertz CT molecular complexity index is 956. The molecule has 1 saturated heterocycles. The summed E-state index contributed by atoms with van der Waals surface area (Å²) in [6.45, 7) is 3.89. The number of nitrogens with zero attached hydrogens (tertiary/aromatic N) is 6. The highest BCUT2D eigenvalue weighted by Crippen LogP contribution is 2.19. The van der Waals surface area contributed by atoms with Crippen molar-refractivity contribution in [3.8, 4) is 11.3 Å². The second-order valence-corrected chi connectivity index (χ2v) is 7.46. The Labute approximate surface area is 164 Å². The largest absolute Gasteiger partial charge is 0.303 e. The van der Waals surface area contributed by atoms with Gasteiger partial charge in [0, 0.05) is 62.5 Å². The summed E-state index contributed by atoms with van der Waals surface area (Å²) >= 11 is 0. The Morgan fingerprint density at radius 3 is 2.54 bits per heavy atom. The Morgan fingerprint density at radius 2 is 1.82 bits per heavy atom. The third-order valence-electron chi connectivity index (χ3n) is 5.59. The zero-order valence-corrected chi connectivity index (χ0v) is 16.2. The van der Waals surface area contributed by atoms with Gasteiger partial charge in [-0.1, -0.05) is 0 Å². The van der Waals surface area contributed by atoms with Crippen LogP contribution in [0, 0.1) is 5.92 Å². The normalized spacial score (nSPS) is 15.8. The summed E-state index contributed by atoms with van der Waals surface area (Å²) in [6, 6.07) is 9.32. The molecule has 0 amide bonds. The zero-order chi connectivity index (χ0) is 19.3. The second kappa shape index (κ2) is 8.48. The van der Waals surface area contributed by atoms with Gasteiger partial charge in [0.1, 0.15) is 0 Å². The van der Waals surface area contributed by atoms with Crippen LogP contribution in [0.25, 0.3) is 11.3 Å². The van der Waals surface area contributed by atoms with E-state index in [9.17, 15) is 4.79 Å². The first kappa shape index (κ1) is 18.6. The Hall–Kier alpha value is -2.80. The summed E-state index contributed by atoms with van der Waals surface area (Å²) in [5.41, 5.74) is 3.03. The fourth-order valence-corrected chi connectivity index (χ4v) is 3.81. The summed E-state index contributed by atoms with van der Waals surface area (Å²) in [4.78, 5) is 18.8. The fourth-order valence-electron chi connectivity index (χ4n) is 3.81. The molecule has 0 unspecified atom stereocenters. The third kappa shape index (κ3) is 4.36. The quantitative estimate of drug-likeness (QED) is 0.656. The van der Waals surface area contributed by atoms with Gasteiger partial charge in [0.25, 0.3) is 5.56 Å². The minimum atomic E-state index is -0.0311. The summed E-state index contributed by atoms with van der Waals surface area (Å²) in [5.74, 6) is 0.492. The van der Waals surface area contributed by atoms with Crippen molar-refractivity contribution in [3.05, 3.63) is 65.0 Å². The number of rotatable bonds is 6. The topological polar surface area (TPSA) is 68.8 Å². The SMILES string of the molecule is Cn1nccc1CCN1CCC(Cn2nc(-c3ccncc3)ccc2=O)CC1. The lowest BCUT2D eigenvalue weighted by atomic mass is 9.96. The average Bonchev–Trinajstić information content (AvgIpc) is 3.14. The predicted octanol–water partition coefficient (Wildman–Crippen LogP) is 1.99. The van der Waals surface area contributed by atoms with Gasteiger partial charge in [0.05, 0.1) is 5.69 Å². The molecule has 146 valence electrons. The predicted molar refractivity (Wildman–Crippen MR) is 108 cm³/mol. The third-order valence-corrected chi connectivity index (χ3v) is 5.59. The van der Waals surface area contributed by atoms with Gasteiger partial charge in [0.2, 0.25) is 0 Å². The number of pyridine rings is 1. The highest BCUT2D eigenvalue weighted by molar-refractivity contribution is 5.56. The van der Waals surface area contributed by atoms with E-state index in [1.807, 2.05) is 30.1 Å². The van der Waals surface area contributed by atoms with Crippen LogP contribution in [0.1, 0.15) is 18.5 Å². The van der Waals surface area contributed by atoms with E-state index in [1.54, 1.807) is 29.2 Å². The van der Waals surface area contributed by atoms with E-state index in [2.05, 4.69) is 26.1 Å². The zero-order valence-electron chi connectivity index (χ0n) is 16.2. The Balaban J connectivity index is 1.33. The van der Waals surface area contributed by atoms with Gasteiger partial charge in [-0.3, -0.25) is 14.5 Å². The standard InChI is InChI=1S/C21H26N6O/c1-25-19(6-12-23-25)9-15-26-13-7-17(8-14-26)16-27-21(28)3-2-20(24-27)18-4-10-22-11-5-18/h2-6,10-12,17H,7-9,13-16H2,1H3. The van der Waals surface area contributed by atoms with E-state index < -0.39 is 0 Å². The van der Waals surface area contributed by atoms with Gasteiger partial charge in [-0.15, -0.1) is 0 Å². The van der Waals surface area contributed by atoms with Crippen molar-refractivity contribution in [2.45, 2.75) is 25.8 Å². The molecule has 0 saturated carbocycles. The van der Waals surface area contributed by atoms with Crippen molar-refractivity contribution < 1.29 is 0 Å². The van der Waals surface area contributed by atoms with Crippen molar-refractivity contribution in [1.82, 2.24) is 29.4 Å². The van der Waals surface area contributed by atoms with Crippen LogP contribution in [0.2, 0.25) is 0 Å². The molecule has 28 heavy (non-hydrogen) atoms. The average molecular weight is 378 g/mol. The molecule has 3 aromatic rings. The Morgan fingerprint density at radius 1 is 1.04 bits per heavy atom. The first-order valence-electron chi connectivity index (χ1n) is 9.87. The van der Waals surface area contributed by atoms with Gasteiger partial charge < -0.3 is 4.90 Å². The molecule has 0 aliphatic carbocycles. The van der Waals surface area contributed by atoms with Gasteiger partial charge >= 0.3 is 0 Å². The van der Waals surface area contributed by atoms with Crippen molar-refractivity contribution >= 4 is 0 Å². The highest BCUT2D eigenvalue weighted by Gasteiger charge is 2.20. The van der Waals surface area contributed by atoms with E-state index in [0.717, 1.165) is 50.2 Å². The first-order chi connectivity index (χ1) is 13.7. The smallest absolute Gasteiger partial charge is 0.266 e. The van der Waals surface area contributed by atoms with Crippen LogP contribution < -0.4 is 5.56 Å². The molecule has 1 aliphatic rings. The van der Waals surface area contributed by atoms with E-state index >= 15 is 0 Å². The molecule has 1 aliphatic heterocycles. The first-order valence-corrected chi connectivity index (χ1v) is 9.87. The van der Waals surface area contributed by atoms with Gasteiger partial charge in [-0.05, 0) is 56.1 Å². The van der Waals surface area contributed by atoms with E-state index in [4.69, 9.17) is 0 Å². The number of likely N-dealkylation sites (tertiary alicyclic amines) is 1. The molecule has 1 fully saturated rings. The van der Waals surface area contributed by atoms with Crippen LogP contribution in [-0.2, 0) is 20.0 Å². The molecule has 3 aromatic heterocycles. The highest BCUT2D eigenvalue weighted by atomic mass is 16.1. The van der Waals surface area contributed by atoms with Crippen LogP contribution in [0.5, 0.6) is 0 Å². The molecule has 0 bridgehead atoms. The summed E-state index contributed by atoms with van der Waals surface area (Å²) in [6.07, 6.45) is 8.56. The van der Waals surface area contributed by atoms with Gasteiger partial charge in [-0.2, -0.15) is 10.2 Å². The molecule has 7 heteroatoms. The van der Waals surface area contributed by atoms with Crippen molar-refractivity contribution in [1.29, 1.82) is 0 Å². The summed E-state index contributed by atoms with van der Waals surface area (Å²) in [7, 11) is 1.99. The van der Waals surface area contributed by atoms with Crippen molar-refractivity contribution in [2.75, 3.05) is 19.6 Å². The minimum absolute atomic E-state index is 0.0311. The van der Waals surface area contributed by atoms with Crippen molar-refractivity contribution in [2.24, 2.45) is 13.0 Å². The number of piperidine rings is 1. The number of hydrogen-bond donors (Lipinski definition) is 0. The molecule has 4 rings (SSSR count). The molecule has 0 radical (unpaired) electrons. The molecule has 0 spiro atoms. The number of aromatic nitrogens is 5. The lowest BCUT2D eigenvalue weighted by Crippen LogP contribution is -2.38. The van der Waals surface area contributed by atoms with Crippen LogP contribution in [0.3, 0.4) is 0 Å². The molecule has 0 atom stereocenters. The van der Waals surface area contributed by atoms with Gasteiger partial charge in [0.15, 0.2) is 0 Å². The summed E-state index contributed by atoms with van der Waals surface area (Å²) in [5, 5.41) is 8.82. The van der Waals surface area contributed by atoms with Crippen molar-refractivity contribution in [3.63, 3.8) is 0 Å². The molecule has 0 N–H and O–H groups in total. The molecule has 7 nitrogen and oxygen atoms in total. The minimum Gasteiger partial charge on any atom is -0.303 e. The number of hydrogen-bond acceptors (Lipinski definition) is 5. The number of aryl methyl sites for hydroxylation is 1. The van der Waals surface area contributed by atoms with E-state index in [0.29, 0.717) is 12.5 Å². The lowest BCUT2D eigenvalue weighted by molar-refractivity contribution is 0.171. The maximum absolute atomic E-state index is 12.3.